The molecule has 1 aromatic rings. The van der Waals surface area contributed by atoms with E-state index in [9.17, 15) is 5.11 Å². The summed E-state index contributed by atoms with van der Waals surface area (Å²) in [6.45, 7) is 3.99. The molecule has 0 atom stereocenters. The molecule has 0 spiro atoms. The van der Waals surface area contributed by atoms with E-state index < -0.39 is 0 Å². The van der Waals surface area contributed by atoms with Crippen LogP contribution in [0.25, 0.3) is 0 Å². The van der Waals surface area contributed by atoms with E-state index >= 15 is 0 Å². The molecule has 0 saturated carbocycles. The second kappa shape index (κ2) is 2.69. The van der Waals surface area contributed by atoms with Gasteiger partial charge in [-0.05, 0) is 12.0 Å². The maximum atomic E-state index is 9.21. The number of hydrogen-bond acceptors (Lipinski definition) is 2. The Morgan fingerprint density at radius 2 is 2.30 bits per heavy atom. The van der Waals surface area contributed by atoms with Crippen molar-refractivity contribution >= 4 is 0 Å². The SMILES string of the molecule is CC(C)c1[c]nccc1O. The van der Waals surface area contributed by atoms with Crippen molar-refractivity contribution in [3.63, 3.8) is 0 Å². The number of pyridine rings is 1. The van der Waals surface area contributed by atoms with E-state index in [4.69, 9.17) is 0 Å². The summed E-state index contributed by atoms with van der Waals surface area (Å²) in [6.07, 6.45) is 4.27. The van der Waals surface area contributed by atoms with Gasteiger partial charge in [0.05, 0.1) is 6.20 Å². The zero-order valence-electron chi connectivity index (χ0n) is 6.13. The van der Waals surface area contributed by atoms with E-state index in [0.29, 0.717) is 0 Å². The van der Waals surface area contributed by atoms with Gasteiger partial charge in [-0.1, -0.05) is 13.8 Å². The summed E-state index contributed by atoms with van der Waals surface area (Å²) in [6, 6.07) is 1.58. The molecular formula is C8H10NO. The lowest BCUT2D eigenvalue weighted by molar-refractivity contribution is 0.463. The van der Waals surface area contributed by atoms with Crippen LogP contribution in [0.4, 0.5) is 0 Å². The van der Waals surface area contributed by atoms with Crippen molar-refractivity contribution in [3.05, 3.63) is 24.0 Å². The Morgan fingerprint density at radius 1 is 1.60 bits per heavy atom. The highest BCUT2D eigenvalue weighted by atomic mass is 16.3. The minimum absolute atomic E-state index is 0.282. The van der Waals surface area contributed by atoms with Crippen LogP contribution in [-0.2, 0) is 0 Å². The van der Waals surface area contributed by atoms with Gasteiger partial charge in [-0.25, -0.2) is 0 Å². The Kier molecular flexibility index (Phi) is 1.90. The average molecular weight is 136 g/mol. The summed E-state index contributed by atoms with van der Waals surface area (Å²) < 4.78 is 0. The van der Waals surface area contributed by atoms with Crippen molar-refractivity contribution in [1.82, 2.24) is 4.98 Å². The first-order valence-electron chi connectivity index (χ1n) is 3.27. The summed E-state index contributed by atoms with van der Waals surface area (Å²) in [5.74, 6) is 0.568. The first-order chi connectivity index (χ1) is 4.72. The number of hydrogen-bond donors (Lipinski definition) is 1. The molecule has 0 aromatic carbocycles. The van der Waals surface area contributed by atoms with Crippen molar-refractivity contribution in [2.45, 2.75) is 19.8 Å². The molecule has 2 nitrogen and oxygen atoms in total. The summed E-state index contributed by atoms with van der Waals surface area (Å²) in [5, 5.41) is 9.21. The summed E-state index contributed by atoms with van der Waals surface area (Å²) in [5.41, 5.74) is 0.780. The Labute approximate surface area is 60.5 Å². The normalized spacial score (nSPS) is 10.3. The van der Waals surface area contributed by atoms with E-state index in [0.717, 1.165) is 5.56 Å². The summed E-state index contributed by atoms with van der Waals surface area (Å²) in [7, 11) is 0. The molecule has 0 fully saturated rings. The molecule has 1 heterocycles. The smallest absolute Gasteiger partial charge is 0.122 e. The fourth-order valence-corrected chi connectivity index (χ4v) is 0.787. The minimum Gasteiger partial charge on any atom is -0.508 e. The van der Waals surface area contributed by atoms with Crippen LogP contribution in [0.5, 0.6) is 5.75 Å². The molecule has 0 bridgehead atoms. The highest BCUT2D eigenvalue weighted by molar-refractivity contribution is 5.29. The molecule has 0 saturated heterocycles. The van der Waals surface area contributed by atoms with Gasteiger partial charge in [0.1, 0.15) is 5.75 Å². The lowest BCUT2D eigenvalue weighted by atomic mass is 10.1. The first-order valence-corrected chi connectivity index (χ1v) is 3.27. The minimum atomic E-state index is 0.282. The maximum Gasteiger partial charge on any atom is 0.122 e. The number of aromatic hydroxyl groups is 1. The van der Waals surface area contributed by atoms with Gasteiger partial charge in [-0.2, -0.15) is 0 Å². The average Bonchev–Trinajstić information content (AvgIpc) is 1.88. The van der Waals surface area contributed by atoms with Crippen LogP contribution in [-0.4, -0.2) is 10.1 Å². The predicted molar refractivity (Wildman–Crippen MR) is 38.8 cm³/mol. The fraction of sp³-hybridized carbons (Fsp3) is 0.375. The van der Waals surface area contributed by atoms with E-state index in [1.807, 2.05) is 13.8 Å². The standard InChI is InChI=1S/C8H10NO/c1-6(2)7-5-9-4-3-8(7)10/h3-4,6H,1-2H3,(H,9,10). The summed E-state index contributed by atoms with van der Waals surface area (Å²) in [4.78, 5) is 3.78. The topological polar surface area (TPSA) is 33.1 Å². The lowest BCUT2D eigenvalue weighted by Crippen LogP contribution is -1.88. The molecule has 0 aliphatic carbocycles. The van der Waals surface area contributed by atoms with Crippen molar-refractivity contribution in [2.75, 3.05) is 0 Å². The highest BCUT2D eigenvalue weighted by Crippen LogP contribution is 2.22. The highest BCUT2D eigenvalue weighted by Gasteiger charge is 2.03. The third-order valence-corrected chi connectivity index (χ3v) is 1.35. The second-order valence-electron chi connectivity index (χ2n) is 2.51. The van der Waals surface area contributed by atoms with Crippen LogP contribution in [0.1, 0.15) is 25.3 Å². The van der Waals surface area contributed by atoms with Gasteiger partial charge < -0.3 is 5.11 Å². The van der Waals surface area contributed by atoms with Gasteiger partial charge in [0.2, 0.25) is 0 Å². The number of aromatic nitrogens is 1. The number of nitrogens with zero attached hydrogens (tertiary/aromatic N) is 1. The van der Waals surface area contributed by atoms with Crippen molar-refractivity contribution < 1.29 is 5.11 Å². The second-order valence-corrected chi connectivity index (χ2v) is 2.51. The van der Waals surface area contributed by atoms with E-state index in [-0.39, 0.29) is 11.7 Å². The quantitative estimate of drug-likeness (QED) is 0.637. The molecule has 0 unspecified atom stereocenters. The molecule has 0 aliphatic heterocycles. The molecule has 2 heteroatoms. The van der Waals surface area contributed by atoms with Crippen LogP contribution in [0.3, 0.4) is 0 Å². The molecule has 0 aliphatic rings. The Balaban J connectivity index is 3.03. The molecule has 1 radical (unpaired) electrons. The molecule has 0 amide bonds. The van der Waals surface area contributed by atoms with Crippen molar-refractivity contribution in [1.29, 1.82) is 0 Å². The predicted octanol–water partition coefficient (Wildman–Crippen LogP) is 1.71. The van der Waals surface area contributed by atoms with E-state index in [1.54, 1.807) is 6.07 Å². The maximum absolute atomic E-state index is 9.21. The van der Waals surface area contributed by atoms with Crippen molar-refractivity contribution in [3.8, 4) is 5.75 Å². The van der Waals surface area contributed by atoms with E-state index in [2.05, 4.69) is 11.2 Å². The van der Waals surface area contributed by atoms with Gasteiger partial charge in [-0.15, -0.1) is 0 Å². The molecule has 1 aromatic heterocycles. The van der Waals surface area contributed by atoms with Crippen LogP contribution in [0.2, 0.25) is 0 Å². The molecular weight excluding hydrogens is 126 g/mol. The van der Waals surface area contributed by atoms with Crippen LogP contribution < -0.4 is 0 Å². The van der Waals surface area contributed by atoms with E-state index in [1.165, 1.54) is 6.20 Å². The Bertz CT molecular complexity index is 220. The van der Waals surface area contributed by atoms with Gasteiger partial charge in [0, 0.05) is 11.8 Å². The van der Waals surface area contributed by atoms with Crippen LogP contribution in [0, 0.1) is 6.20 Å². The van der Waals surface area contributed by atoms with Gasteiger partial charge >= 0.3 is 0 Å². The third kappa shape index (κ3) is 1.26. The summed E-state index contributed by atoms with van der Waals surface area (Å²) >= 11 is 0. The van der Waals surface area contributed by atoms with Crippen LogP contribution >= 0.6 is 0 Å². The third-order valence-electron chi connectivity index (χ3n) is 1.35. The first kappa shape index (κ1) is 7.06. The Hall–Kier alpha value is -1.05. The largest absolute Gasteiger partial charge is 0.508 e. The molecule has 10 heavy (non-hydrogen) atoms. The molecule has 53 valence electrons. The van der Waals surface area contributed by atoms with Crippen LogP contribution in [0.15, 0.2) is 12.3 Å². The number of rotatable bonds is 1. The zero-order chi connectivity index (χ0) is 7.56. The zero-order valence-corrected chi connectivity index (χ0v) is 6.13. The fourth-order valence-electron chi connectivity index (χ4n) is 0.787. The van der Waals surface area contributed by atoms with Crippen molar-refractivity contribution in [2.24, 2.45) is 0 Å². The van der Waals surface area contributed by atoms with Gasteiger partial charge in [0.15, 0.2) is 0 Å². The molecule has 1 rings (SSSR count). The monoisotopic (exact) mass is 136 g/mol. The lowest BCUT2D eigenvalue weighted by Gasteiger charge is -2.04. The van der Waals surface area contributed by atoms with Gasteiger partial charge in [0.25, 0.3) is 0 Å². The van der Waals surface area contributed by atoms with Gasteiger partial charge in [-0.3, -0.25) is 4.98 Å². The molecule has 1 N–H and O–H groups in total. The Morgan fingerprint density at radius 3 is 2.70 bits per heavy atom.